The van der Waals surface area contributed by atoms with Crippen LogP contribution in [0.25, 0.3) is 11.3 Å². The fourth-order valence-electron chi connectivity index (χ4n) is 4.54. The molecule has 8 nitrogen and oxygen atoms in total. The number of aryl methyl sites for hydroxylation is 1. The van der Waals surface area contributed by atoms with Gasteiger partial charge in [0.05, 0.1) is 18.2 Å². The number of rotatable bonds is 5. The minimum Gasteiger partial charge on any atom is -0.483 e. The molecule has 0 aliphatic carbocycles. The Morgan fingerprint density at radius 3 is 2.65 bits per heavy atom. The first kappa shape index (κ1) is 23.0. The molecular formula is C23H32N4O4. The first-order valence-corrected chi connectivity index (χ1v) is 10.8. The van der Waals surface area contributed by atoms with Crippen LogP contribution in [0.1, 0.15) is 17.7 Å². The highest BCUT2D eigenvalue weighted by Crippen LogP contribution is 2.29. The molecule has 1 N–H and O–H groups in total. The molecule has 1 fully saturated rings. The molecule has 1 unspecified atom stereocenters. The summed E-state index contributed by atoms with van der Waals surface area (Å²) in [6.45, 7) is 4.82. The third-order valence-electron chi connectivity index (χ3n) is 6.12. The Labute approximate surface area is 183 Å². The van der Waals surface area contributed by atoms with E-state index in [1.54, 1.807) is 7.11 Å². The number of ether oxygens (including phenoxy) is 1. The van der Waals surface area contributed by atoms with Crippen LogP contribution in [-0.2, 0) is 34.2 Å². The first-order chi connectivity index (χ1) is 15.1. The number of hydrogen-bond donors (Lipinski definition) is 1. The maximum absolute atomic E-state index is 13.1. The number of hydrogen-bond acceptors (Lipinski definition) is 5. The lowest BCUT2D eigenvalue weighted by Crippen LogP contribution is -2.39. The third kappa shape index (κ3) is 5.51. The van der Waals surface area contributed by atoms with E-state index in [2.05, 4.69) is 34.1 Å². The van der Waals surface area contributed by atoms with Crippen molar-refractivity contribution in [2.24, 2.45) is 13.0 Å². The molecule has 0 spiro atoms. The van der Waals surface area contributed by atoms with E-state index < -0.39 is 0 Å². The van der Waals surface area contributed by atoms with Gasteiger partial charge in [-0.2, -0.15) is 5.10 Å². The van der Waals surface area contributed by atoms with Crippen LogP contribution in [0.15, 0.2) is 30.3 Å². The third-order valence-corrected chi connectivity index (χ3v) is 6.12. The second-order valence-electron chi connectivity index (χ2n) is 7.97. The van der Waals surface area contributed by atoms with Gasteiger partial charge in [-0.3, -0.25) is 14.3 Å². The number of methoxy groups -OCH3 is 1. The molecule has 4 rings (SSSR count). The quantitative estimate of drug-likeness (QED) is 0.729. The molecule has 0 bridgehead atoms. The number of benzene rings is 1. The Balaban J connectivity index is 0.000000858. The zero-order valence-corrected chi connectivity index (χ0v) is 18.4. The molecule has 0 radical (unpaired) electrons. The Morgan fingerprint density at radius 2 is 1.94 bits per heavy atom. The van der Waals surface area contributed by atoms with Crippen molar-refractivity contribution in [3.05, 3.63) is 41.6 Å². The van der Waals surface area contributed by atoms with Crippen molar-refractivity contribution in [2.45, 2.75) is 19.3 Å². The monoisotopic (exact) mass is 428 g/mol. The molecule has 2 aliphatic rings. The number of carboxylic acid groups (broad SMARTS) is 1. The summed E-state index contributed by atoms with van der Waals surface area (Å²) in [6.07, 6.45) is 2.71. The zero-order valence-electron chi connectivity index (χ0n) is 18.4. The first-order valence-electron chi connectivity index (χ1n) is 10.8. The van der Waals surface area contributed by atoms with Crippen molar-refractivity contribution in [2.75, 3.05) is 46.4 Å². The predicted molar refractivity (Wildman–Crippen MR) is 118 cm³/mol. The van der Waals surface area contributed by atoms with Gasteiger partial charge in [0.25, 0.3) is 6.47 Å². The van der Waals surface area contributed by atoms with E-state index in [4.69, 9.17) is 19.7 Å². The molecule has 1 saturated heterocycles. The van der Waals surface area contributed by atoms with E-state index in [1.165, 1.54) is 11.3 Å². The smallest absolute Gasteiger partial charge is 0.290 e. The molecule has 8 heteroatoms. The van der Waals surface area contributed by atoms with Crippen LogP contribution in [0.4, 0.5) is 0 Å². The van der Waals surface area contributed by atoms with Gasteiger partial charge in [0.1, 0.15) is 0 Å². The molecule has 1 aromatic heterocycles. The van der Waals surface area contributed by atoms with Crippen molar-refractivity contribution < 1.29 is 19.4 Å². The molecule has 3 heterocycles. The van der Waals surface area contributed by atoms with Crippen molar-refractivity contribution in [1.29, 1.82) is 0 Å². The lowest BCUT2D eigenvalue weighted by Gasteiger charge is -2.24. The summed E-state index contributed by atoms with van der Waals surface area (Å²) in [5.74, 6) is 0.451. The highest BCUT2D eigenvalue weighted by atomic mass is 16.5. The Morgan fingerprint density at radius 1 is 1.23 bits per heavy atom. The van der Waals surface area contributed by atoms with Gasteiger partial charge in [-0.25, -0.2) is 0 Å². The van der Waals surface area contributed by atoms with E-state index in [-0.39, 0.29) is 12.4 Å². The van der Waals surface area contributed by atoms with Crippen LogP contribution >= 0.6 is 0 Å². The second-order valence-corrected chi connectivity index (χ2v) is 7.97. The summed E-state index contributed by atoms with van der Waals surface area (Å²) in [4.78, 5) is 25.9. The average molecular weight is 429 g/mol. The van der Waals surface area contributed by atoms with E-state index in [0.717, 1.165) is 69.9 Å². The van der Waals surface area contributed by atoms with E-state index in [1.807, 2.05) is 17.8 Å². The molecular weight excluding hydrogens is 396 g/mol. The second kappa shape index (κ2) is 11.1. The van der Waals surface area contributed by atoms with Crippen LogP contribution in [0.2, 0.25) is 0 Å². The summed E-state index contributed by atoms with van der Waals surface area (Å²) in [6, 6.07) is 10.4. The normalized spacial score (nSPS) is 18.6. The summed E-state index contributed by atoms with van der Waals surface area (Å²) in [5, 5.41) is 11.7. The van der Waals surface area contributed by atoms with Crippen LogP contribution in [-0.4, -0.2) is 83.5 Å². The number of amides is 1. The number of aromatic nitrogens is 2. The molecule has 0 saturated carbocycles. The molecule has 168 valence electrons. The SMILES string of the molecule is COCCN1CCC(C(=O)N2CCc3c(-c4ccccc4)nn(C)c3CC2)C1.O=CO. The van der Waals surface area contributed by atoms with Gasteiger partial charge in [-0.15, -0.1) is 0 Å². The van der Waals surface area contributed by atoms with Crippen LogP contribution in [0.3, 0.4) is 0 Å². The van der Waals surface area contributed by atoms with E-state index >= 15 is 0 Å². The van der Waals surface area contributed by atoms with Gasteiger partial charge in [0, 0.05) is 63.6 Å². The van der Waals surface area contributed by atoms with E-state index in [9.17, 15) is 4.79 Å². The van der Waals surface area contributed by atoms with Gasteiger partial charge < -0.3 is 19.6 Å². The zero-order chi connectivity index (χ0) is 22.2. The van der Waals surface area contributed by atoms with Gasteiger partial charge in [-0.1, -0.05) is 30.3 Å². The van der Waals surface area contributed by atoms with Gasteiger partial charge >= 0.3 is 0 Å². The lowest BCUT2D eigenvalue weighted by atomic mass is 10.0. The highest BCUT2D eigenvalue weighted by molar-refractivity contribution is 5.79. The lowest BCUT2D eigenvalue weighted by molar-refractivity contribution is -0.135. The summed E-state index contributed by atoms with van der Waals surface area (Å²) in [7, 11) is 3.75. The maximum Gasteiger partial charge on any atom is 0.290 e. The molecule has 2 aromatic rings. The molecule has 1 aromatic carbocycles. The molecule has 1 amide bonds. The Bertz CT molecular complexity index is 868. The van der Waals surface area contributed by atoms with Crippen molar-refractivity contribution in [3.63, 3.8) is 0 Å². The Hall–Kier alpha value is -2.71. The summed E-state index contributed by atoms with van der Waals surface area (Å²) < 4.78 is 7.18. The van der Waals surface area contributed by atoms with Crippen molar-refractivity contribution in [1.82, 2.24) is 19.6 Å². The number of carbonyl (C=O) groups excluding carboxylic acids is 1. The van der Waals surface area contributed by atoms with Crippen molar-refractivity contribution in [3.8, 4) is 11.3 Å². The molecule has 1 atom stereocenters. The van der Waals surface area contributed by atoms with Gasteiger partial charge in [0.15, 0.2) is 0 Å². The average Bonchev–Trinajstić information content (AvgIpc) is 3.30. The maximum atomic E-state index is 13.1. The van der Waals surface area contributed by atoms with Crippen molar-refractivity contribution >= 4 is 12.4 Å². The number of carbonyl (C=O) groups is 2. The van der Waals surface area contributed by atoms with Crippen LogP contribution < -0.4 is 0 Å². The van der Waals surface area contributed by atoms with Crippen LogP contribution in [0, 0.1) is 5.92 Å². The Kier molecular flexibility index (Phi) is 8.20. The van der Waals surface area contributed by atoms with E-state index in [0.29, 0.717) is 5.91 Å². The van der Waals surface area contributed by atoms with Gasteiger partial charge in [0.2, 0.25) is 5.91 Å². The topological polar surface area (TPSA) is 87.9 Å². The summed E-state index contributed by atoms with van der Waals surface area (Å²) in [5.41, 5.74) is 4.79. The number of nitrogens with zero attached hydrogens (tertiary/aromatic N) is 4. The minimum atomic E-state index is -0.250. The summed E-state index contributed by atoms with van der Waals surface area (Å²) >= 11 is 0. The van der Waals surface area contributed by atoms with Crippen LogP contribution in [0.5, 0.6) is 0 Å². The number of fused-ring (bicyclic) bond motifs is 1. The molecule has 31 heavy (non-hydrogen) atoms. The fourth-order valence-corrected chi connectivity index (χ4v) is 4.54. The molecule has 2 aliphatic heterocycles. The van der Waals surface area contributed by atoms with Gasteiger partial charge in [-0.05, 0) is 19.4 Å². The number of likely N-dealkylation sites (tertiary alicyclic amines) is 1. The fraction of sp³-hybridized carbons (Fsp3) is 0.522. The largest absolute Gasteiger partial charge is 0.483 e. The standard InChI is InChI=1S/C22H30N4O2.CH2O2/c1-24-20-10-13-26(22(27)18-8-11-25(16-18)14-15-28-2)12-9-19(20)21(23-24)17-6-4-3-5-7-17;2-1-3/h3-7,18H,8-16H2,1-2H3;1H,(H,2,3). The minimum absolute atomic E-state index is 0.129. The predicted octanol–water partition coefficient (Wildman–Crippen LogP) is 1.68. The highest BCUT2D eigenvalue weighted by Gasteiger charge is 2.32.